The molecule has 0 radical (unpaired) electrons. The van der Waals surface area contributed by atoms with Gasteiger partial charge in [-0.2, -0.15) is 0 Å². The number of carboxylic acid groups (broad SMARTS) is 1. The van der Waals surface area contributed by atoms with Crippen molar-refractivity contribution in [1.82, 2.24) is 0 Å². The minimum atomic E-state index is -0.896. The fraction of sp³-hybridized carbons (Fsp3) is 0.462. The molecule has 1 aromatic rings. The minimum Gasteiger partial charge on any atom is -0.478 e. The Morgan fingerprint density at radius 2 is 2.19 bits per heavy atom. The first-order chi connectivity index (χ1) is 7.74. The molecule has 1 N–H and O–H groups in total. The number of rotatable bonds is 7. The Hall–Kier alpha value is -1.35. The van der Waals surface area contributed by atoms with Gasteiger partial charge in [-0.15, -0.1) is 0 Å². The summed E-state index contributed by atoms with van der Waals surface area (Å²) in [6.45, 7) is 3.38. The quantitative estimate of drug-likeness (QED) is 0.721. The van der Waals surface area contributed by atoms with Gasteiger partial charge in [0.05, 0.1) is 12.2 Å². The van der Waals surface area contributed by atoms with Crippen LogP contribution in [0, 0.1) is 0 Å². The third-order valence-corrected chi connectivity index (χ3v) is 2.33. The molecule has 3 heteroatoms. The van der Waals surface area contributed by atoms with E-state index in [1.165, 1.54) is 12.8 Å². The van der Waals surface area contributed by atoms with Gasteiger partial charge in [0.2, 0.25) is 0 Å². The Morgan fingerprint density at radius 3 is 2.88 bits per heavy atom. The molecule has 0 aliphatic rings. The number of carboxylic acids is 1. The maximum atomic E-state index is 10.7. The van der Waals surface area contributed by atoms with Crippen LogP contribution in [0.5, 0.6) is 0 Å². The average Bonchev–Trinajstić information content (AvgIpc) is 2.29. The highest BCUT2D eigenvalue weighted by atomic mass is 16.5. The van der Waals surface area contributed by atoms with Gasteiger partial charge in [0, 0.05) is 6.61 Å². The Bertz CT molecular complexity index is 334. The third kappa shape index (κ3) is 4.45. The standard InChI is InChI=1S/C13H18O3/c1-2-3-4-8-16-10-11-6-5-7-12(9-11)13(14)15/h5-7,9H,2-4,8,10H2,1H3,(H,14,15). The molecule has 0 unspecified atom stereocenters. The van der Waals surface area contributed by atoms with Crippen LogP contribution < -0.4 is 0 Å². The molecule has 0 atom stereocenters. The van der Waals surface area contributed by atoms with Crippen molar-refractivity contribution in [3.05, 3.63) is 35.4 Å². The summed E-state index contributed by atoms with van der Waals surface area (Å²) in [6.07, 6.45) is 3.42. The van der Waals surface area contributed by atoms with Crippen molar-refractivity contribution in [3.8, 4) is 0 Å². The van der Waals surface area contributed by atoms with Gasteiger partial charge in [-0.3, -0.25) is 0 Å². The van der Waals surface area contributed by atoms with E-state index in [0.29, 0.717) is 12.2 Å². The topological polar surface area (TPSA) is 46.5 Å². The van der Waals surface area contributed by atoms with Crippen molar-refractivity contribution in [2.75, 3.05) is 6.61 Å². The van der Waals surface area contributed by atoms with Gasteiger partial charge < -0.3 is 9.84 Å². The molecule has 88 valence electrons. The lowest BCUT2D eigenvalue weighted by molar-refractivity contribution is 0.0696. The summed E-state index contributed by atoms with van der Waals surface area (Å²) in [5.41, 5.74) is 1.23. The Labute approximate surface area is 96.1 Å². The molecule has 1 aromatic carbocycles. The number of unbranched alkanes of at least 4 members (excludes halogenated alkanes) is 2. The van der Waals surface area contributed by atoms with Gasteiger partial charge in [-0.25, -0.2) is 4.79 Å². The van der Waals surface area contributed by atoms with E-state index in [4.69, 9.17) is 9.84 Å². The average molecular weight is 222 g/mol. The van der Waals surface area contributed by atoms with E-state index in [1.54, 1.807) is 18.2 Å². The number of hydrogen-bond acceptors (Lipinski definition) is 2. The van der Waals surface area contributed by atoms with E-state index >= 15 is 0 Å². The molecule has 0 fully saturated rings. The van der Waals surface area contributed by atoms with E-state index in [-0.39, 0.29) is 0 Å². The zero-order valence-electron chi connectivity index (χ0n) is 9.61. The van der Waals surface area contributed by atoms with E-state index in [9.17, 15) is 4.79 Å². The predicted octanol–water partition coefficient (Wildman–Crippen LogP) is 3.09. The summed E-state index contributed by atoms with van der Waals surface area (Å²) >= 11 is 0. The van der Waals surface area contributed by atoms with Crippen molar-refractivity contribution in [1.29, 1.82) is 0 Å². The maximum absolute atomic E-state index is 10.7. The summed E-state index contributed by atoms with van der Waals surface area (Å²) in [6, 6.07) is 6.87. The molecule has 0 heterocycles. The molecule has 0 saturated carbocycles. The lowest BCUT2D eigenvalue weighted by Gasteiger charge is -2.04. The summed E-state index contributed by atoms with van der Waals surface area (Å²) in [5.74, 6) is -0.896. The first-order valence-corrected chi connectivity index (χ1v) is 5.64. The number of aromatic carboxylic acids is 1. The fourth-order valence-electron chi connectivity index (χ4n) is 1.44. The summed E-state index contributed by atoms with van der Waals surface area (Å²) in [4.78, 5) is 10.7. The van der Waals surface area contributed by atoms with Gasteiger partial charge in [0.25, 0.3) is 0 Å². The molecule has 0 bridgehead atoms. The van der Waals surface area contributed by atoms with Crippen LogP contribution in [0.25, 0.3) is 0 Å². The maximum Gasteiger partial charge on any atom is 0.335 e. The van der Waals surface area contributed by atoms with Crippen molar-refractivity contribution in [3.63, 3.8) is 0 Å². The van der Waals surface area contributed by atoms with Gasteiger partial charge >= 0.3 is 5.97 Å². The summed E-state index contributed by atoms with van der Waals surface area (Å²) in [5, 5.41) is 8.81. The van der Waals surface area contributed by atoms with Crippen molar-refractivity contribution in [2.24, 2.45) is 0 Å². The molecule has 0 saturated heterocycles. The molecule has 0 aliphatic heterocycles. The van der Waals surface area contributed by atoms with Gasteiger partial charge in [0.15, 0.2) is 0 Å². The molecular weight excluding hydrogens is 204 g/mol. The van der Waals surface area contributed by atoms with Gasteiger partial charge in [-0.1, -0.05) is 31.9 Å². The van der Waals surface area contributed by atoms with Crippen LogP contribution in [0.4, 0.5) is 0 Å². The van der Waals surface area contributed by atoms with Crippen molar-refractivity contribution < 1.29 is 14.6 Å². The Balaban J connectivity index is 2.36. The molecular formula is C13H18O3. The first-order valence-electron chi connectivity index (χ1n) is 5.64. The molecule has 1 rings (SSSR count). The highest BCUT2D eigenvalue weighted by molar-refractivity contribution is 5.87. The number of benzene rings is 1. The molecule has 0 aliphatic carbocycles. The van der Waals surface area contributed by atoms with Crippen LogP contribution in [0.2, 0.25) is 0 Å². The van der Waals surface area contributed by atoms with Crippen molar-refractivity contribution >= 4 is 5.97 Å². The molecule has 0 spiro atoms. The summed E-state index contributed by atoms with van der Waals surface area (Å²) < 4.78 is 5.46. The zero-order valence-corrected chi connectivity index (χ0v) is 9.61. The molecule has 0 amide bonds. The molecule has 16 heavy (non-hydrogen) atoms. The van der Waals surface area contributed by atoms with E-state index in [0.717, 1.165) is 18.6 Å². The normalized spacial score (nSPS) is 10.3. The largest absolute Gasteiger partial charge is 0.478 e. The lowest BCUT2D eigenvalue weighted by Crippen LogP contribution is -1.99. The van der Waals surface area contributed by atoms with E-state index in [2.05, 4.69) is 6.92 Å². The van der Waals surface area contributed by atoms with Crippen molar-refractivity contribution in [2.45, 2.75) is 32.8 Å². The molecule has 0 aromatic heterocycles. The lowest BCUT2D eigenvalue weighted by atomic mass is 10.1. The van der Waals surface area contributed by atoms with Crippen LogP contribution in [-0.4, -0.2) is 17.7 Å². The monoisotopic (exact) mass is 222 g/mol. The Morgan fingerprint density at radius 1 is 1.38 bits per heavy atom. The zero-order chi connectivity index (χ0) is 11.8. The van der Waals surface area contributed by atoms with Crippen LogP contribution in [0.15, 0.2) is 24.3 Å². The smallest absolute Gasteiger partial charge is 0.335 e. The van der Waals surface area contributed by atoms with E-state index in [1.807, 2.05) is 6.07 Å². The van der Waals surface area contributed by atoms with Crippen LogP contribution in [-0.2, 0) is 11.3 Å². The van der Waals surface area contributed by atoms with Crippen LogP contribution in [0.3, 0.4) is 0 Å². The van der Waals surface area contributed by atoms with Crippen LogP contribution in [0.1, 0.15) is 42.1 Å². The second-order valence-corrected chi connectivity index (χ2v) is 3.77. The fourth-order valence-corrected chi connectivity index (χ4v) is 1.44. The van der Waals surface area contributed by atoms with Gasteiger partial charge in [-0.05, 0) is 24.1 Å². The highest BCUT2D eigenvalue weighted by Crippen LogP contribution is 2.07. The highest BCUT2D eigenvalue weighted by Gasteiger charge is 2.02. The first kappa shape index (κ1) is 12.7. The predicted molar refractivity (Wildman–Crippen MR) is 62.6 cm³/mol. The Kier molecular flexibility index (Phi) is 5.57. The van der Waals surface area contributed by atoms with E-state index < -0.39 is 5.97 Å². The number of hydrogen-bond donors (Lipinski definition) is 1. The summed E-state index contributed by atoms with van der Waals surface area (Å²) in [7, 11) is 0. The number of carbonyl (C=O) groups is 1. The van der Waals surface area contributed by atoms with Gasteiger partial charge in [0.1, 0.15) is 0 Å². The second kappa shape index (κ2) is 7.01. The SMILES string of the molecule is CCCCCOCc1cccc(C(=O)O)c1. The molecule has 3 nitrogen and oxygen atoms in total. The van der Waals surface area contributed by atoms with Crippen LogP contribution >= 0.6 is 0 Å². The second-order valence-electron chi connectivity index (χ2n) is 3.77. The number of ether oxygens (including phenoxy) is 1. The minimum absolute atomic E-state index is 0.314. The third-order valence-electron chi connectivity index (χ3n) is 2.33.